The molecule has 2 aromatic heterocycles. The van der Waals surface area contributed by atoms with Crippen LogP contribution in [-0.4, -0.2) is 20.7 Å². The van der Waals surface area contributed by atoms with Crippen molar-refractivity contribution in [1.29, 1.82) is 0 Å². The van der Waals surface area contributed by atoms with E-state index in [-0.39, 0.29) is 12.5 Å². The van der Waals surface area contributed by atoms with E-state index >= 15 is 0 Å². The first-order chi connectivity index (χ1) is 12.4. The minimum Gasteiger partial charge on any atom is -0.421 e. The molecule has 0 fully saturated rings. The van der Waals surface area contributed by atoms with Crippen molar-refractivity contribution in [2.75, 3.05) is 5.32 Å². The molecule has 0 aliphatic rings. The number of carbonyl (C=O) groups excluding carboxylic acids is 1. The van der Waals surface area contributed by atoms with E-state index in [9.17, 15) is 4.79 Å². The predicted molar refractivity (Wildman–Crippen MR) is 101 cm³/mol. The van der Waals surface area contributed by atoms with Gasteiger partial charge in [-0.2, -0.15) is 0 Å². The molecule has 2 heterocycles. The fraction of sp³-hybridized carbons (Fsp3) is 0.316. The van der Waals surface area contributed by atoms with Crippen LogP contribution < -0.4 is 5.32 Å². The predicted octanol–water partition coefficient (Wildman–Crippen LogP) is 4.32. The third-order valence-electron chi connectivity index (χ3n) is 4.34. The number of anilines is 1. The Labute approximate surface area is 157 Å². The first-order valence-corrected chi connectivity index (χ1v) is 8.82. The highest BCUT2D eigenvalue weighted by Crippen LogP contribution is 2.26. The smallest absolute Gasteiger partial charge is 0.249 e. The van der Waals surface area contributed by atoms with Crippen molar-refractivity contribution in [3.05, 3.63) is 52.1 Å². The molecule has 1 N–H and O–H groups in total. The average molecular weight is 373 g/mol. The normalized spacial score (nSPS) is 11.0. The van der Waals surface area contributed by atoms with E-state index in [0.717, 1.165) is 28.2 Å². The fourth-order valence-corrected chi connectivity index (χ4v) is 3.09. The third-order valence-corrected chi connectivity index (χ3v) is 4.57. The highest BCUT2D eigenvalue weighted by Gasteiger charge is 2.18. The lowest BCUT2D eigenvalue weighted by molar-refractivity contribution is -0.116. The number of amides is 1. The molecule has 3 rings (SSSR count). The molecule has 7 heteroatoms. The van der Waals surface area contributed by atoms with Gasteiger partial charge in [0, 0.05) is 28.5 Å². The van der Waals surface area contributed by atoms with Crippen molar-refractivity contribution < 1.29 is 9.21 Å². The summed E-state index contributed by atoms with van der Waals surface area (Å²) in [6, 6.07) is 7.35. The molecule has 0 aliphatic heterocycles. The van der Waals surface area contributed by atoms with Crippen molar-refractivity contribution >= 4 is 23.2 Å². The first kappa shape index (κ1) is 18.2. The quantitative estimate of drug-likeness (QED) is 0.723. The molecule has 0 spiro atoms. The topological polar surface area (TPSA) is 73.0 Å². The van der Waals surface area contributed by atoms with Crippen molar-refractivity contribution in [2.24, 2.45) is 0 Å². The number of hydrogen-bond donors (Lipinski definition) is 1. The molecule has 3 aromatic rings. The number of halogens is 1. The highest BCUT2D eigenvalue weighted by atomic mass is 35.5. The van der Waals surface area contributed by atoms with E-state index in [2.05, 4.69) is 15.5 Å². The van der Waals surface area contributed by atoms with Gasteiger partial charge in [0.05, 0.1) is 5.56 Å². The van der Waals surface area contributed by atoms with Gasteiger partial charge in [-0.05, 0) is 50.6 Å². The van der Waals surface area contributed by atoms with E-state index in [1.54, 1.807) is 12.1 Å². The van der Waals surface area contributed by atoms with Crippen LogP contribution in [0.4, 0.5) is 5.69 Å². The molecule has 136 valence electrons. The second-order valence-corrected chi connectivity index (χ2v) is 6.67. The second-order valence-electron chi connectivity index (χ2n) is 6.23. The molecule has 1 amide bonds. The first-order valence-electron chi connectivity index (χ1n) is 8.44. The third kappa shape index (κ3) is 3.65. The molecule has 0 aliphatic carbocycles. The van der Waals surface area contributed by atoms with E-state index < -0.39 is 0 Å². The Kier molecular flexibility index (Phi) is 5.13. The summed E-state index contributed by atoms with van der Waals surface area (Å²) in [5, 5.41) is 11.7. The van der Waals surface area contributed by atoms with Gasteiger partial charge in [-0.15, -0.1) is 10.2 Å². The van der Waals surface area contributed by atoms with Gasteiger partial charge in [-0.25, -0.2) is 0 Å². The number of hydrogen-bond acceptors (Lipinski definition) is 4. The monoisotopic (exact) mass is 372 g/mol. The number of benzene rings is 1. The van der Waals surface area contributed by atoms with Crippen molar-refractivity contribution in [3.63, 3.8) is 0 Å². The van der Waals surface area contributed by atoms with Gasteiger partial charge in [-0.1, -0.05) is 18.5 Å². The summed E-state index contributed by atoms with van der Waals surface area (Å²) in [6.45, 7) is 7.97. The lowest BCUT2D eigenvalue weighted by atomic mass is 10.2. The summed E-state index contributed by atoms with van der Waals surface area (Å²) in [5.41, 5.74) is 4.40. The van der Waals surface area contributed by atoms with Crippen LogP contribution in [0.3, 0.4) is 0 Å². The van der Waals surface area contributed by atoms with Crippen molar-refractivity contribution in [3.8, 4) is 11.5 Å². The molecule has 26 heavy (non-hydrogen) atoms. The summed E-state index contributed by atoms with van der Waals surface area (Å²) in [7, 11) is 0. The largest absolute Gasteiger partial charge is 0.421 e. The summed E-state index contributed by atoms with van der Waals surface area (Å²) in [5.74, 6) is 0.972. The Morgan fingerprint density at radius 3 is 2.65 bits per heavy atom. The lowest BCUT2D eigenvalue weighted by Crippen LogP contribution is -2.20. The van der Waals surface area contributed by atoms with Gasteiger partial charge in [0.2, 0.25) is 17.7 Å². The standard InChI is InChI=1S/C19H21ClN4O2/c1-5-18-22-23-19(26-18)15-9-12(3)24(13(15)4)10-17(25)21-16-7-6-14(20)8-11(16)2/h6-9H,5,10H2,1-4H3,(H,21,25). The molecular formula is C19H21ClN4O2. The van der Waals surface area contributed by atoms with Crippen LogP contribution in [0.15, 0.2) is 28.7 Å². The maximum Gasteiger partial charge on any atom is 0.249 e. The molecule has 0 saturated carbocycles. The molecular weight excluding hydrogens is 352 g/mol. The van der Waals surface area contributed by atoms with Gasteiger partial charge in [-0.3, -0.25) is 4.79 Å². The number of rotatable bonds is 5. The van der Waals surface area contributed by atoms with Crippen LogP contribution in [0.1, 0.15) is 29.8 Å². The van der Waals surface area contributed by atoms with E-state index in [1.165, 1.54) is 0 Å². The van der Waals surface area contributed by atoms with Gasteiger partial charge in [0.25, 0.3) is 0 Å². The lowest BCUT2D eigenvalue weighted by Gasteiger charge is -2.12. The summed E-state index contributed by atoms with van der Waals surface area (Å²) in [4.78, 5) is 12.5. The number of nitrogens with zero attached hydrogens (tertiary/aromatic N) is 3. The Morgan fingerprint density at radius 2 is 2.00 bits per heavy atom. The number of aryl methyl sites for hydroxylation is 3. The maximum absolute atomic E-state index is 12.5. The van der Waals surface area contributed by atoms with E-state index in [0.29, 0.717) is 23.2 Å². The molecule has 6 nitrogen and oxygen atoms in total. The zero-order chi connectivity index (χ0) is 18.8. The zero-order valence-corrected chi connectivity index (χ0v) is 16.0. The number of carbonyl (C=O) groups is 1. The van der Waals surface area contributed by atoms with Crippen molar-refractivity contribution in [1.82, 2.24) is 14.8 Å². The van der Waals surface area contributed by atoms with Gasteiger partial charge < -0.3 is 14.3 Å². The Balaban J connectivity index is 1.80. The molecule has 0 radical (unpaired) electrons. The van der Waals surface area contributed by atoms with Crippen LogP contribution >= 0.6 is 11.6 Å². The van der Waals surface area contributed by atoms with Crippen LogP contribution in [0, 0.1) is 20.8 Å². The zero-order valence-electron chi connectivity index (χ0n) is 15.3. The van der Waals surface area contributed by atoms with Gasteiger partial charge in [0.1, 0.15) is 6.54 Å². The summed E-state index contributed by atoms with van der Waals surface area (Å²) >= 11 is 5.96. The number of nitrogens with one attached hydrogen (secondary N) is 1. The molecule has 0 unspecified atom stereocenters. The summed E-state index contributed by atoms with van der Waals surface area (Å²) in [6.07, 6.45) is 0.689. The van der Waals surface area contributed by atoms with Gasteiger partial charge in [0.15, 0.2) is 0 Å². The van der Waals surface area contributed by atoms with Crippen LogP contribution in [0.5, 0.6) is 0 Å². The van der Waals surface area contributed by atoms with Crippen LogP contribution in [-0.2, 0) is 17.8 Å². The Bertz CT molecular complexity index is 959. The molecule has 0 atom stereocenters. The summed E-state index contributed by atoms with van der Waals surface area (Å²) < 4.78 is 7.58. The van der Waals surface area contributed by atoms with E-state index in [1.807, 2.05) is 44.4 Å². The van der Waals surface area contributed by atoms with Gasteiger partial charge >= 0.3 is 0 Å². The highest BCUT2D eigenvalue weighted by molar-refractivity contribution is 6.30. The average Bonchev–Trinajstić information content (AvgIpc) is 3.17. The van der Waals surface area contributed by atoms with E-state index in [4.69, 9.17) is 16.0 Å². The Morgan fingerprint density at radius 1 is 1.23 bits per heavy atom. The second kappa shape index (κ2) is 7.33. The SMILES string of the molecule is CCc1nnc(-c2cc(C)n(CC(=O)Nc3ccc(Cl)cc3C)c2C)o1. The minimum atomic E-state index is -0.108. The molecule has 0 bridgehead atoms. The Hall–Kier alpha value is -2.60. The van der Waals surface area contributed by atoms with Crippen LogP contribution in [0.25, 0.3) is 11.5 Å². The molecule has 1 aromatic carbocycles. The van der Waals surface area contributed by atoms with Crippen molar-refractivity contribution in [2.45, 2.75) is 40.7 Å². The van der Waals surface area contributed by atoms with Crippen LogP contribution in [0.2, 0.25) is 5.02 Å². The molecule has 0 saturated heterocycles. The maximum atomic E-state index is 12.5. The number of aromatic nitrogens is 3. The minimum absolute atomic E-state index is 0.108. The fourth-order valence-electron chi connectivity index (χ4n) is 2.87.